The average molecular weight is 242 g/mol. The molecule has 0 radical (unpaired) electrons. The highest BCUT2D eigenvalue weighted by Crippen LogP contribution is 2.26. The van der Waals surface area contributed by atoms with Crippen LogP contribution in [0.5, 0.6) is 0 Å². The molecule has 1 fully saturated rings. The minimum absolute atomic E-state index is 0.0119. The molecule has 5 nitrogen and oxygen atoms in total. The molecule has 1 aliphatic heterocycles. The fourth-order valence-corrected chi connectivity index (χ4v) is 2.27. The Kier molecular flexibility index (Phi) is 2.33. The molecule has 1 saturated heterocycles. The van der Waals surface area contributed by atoms with Crippen LogP contribution in [-0.4, -0.2) is 28.6 Å². The van der Waals surface area contributed by atoms with Crippen molar-refractivity contribution in [3.63, 3.8) is 0 Å². The molecule has 0 saturated carbocycles. The van der Waals surface area contributed by atoms with E-state index >= 15 is 0 Å². The van der Waals surface area contributed by atoms with Crippen molar-refractivity contribution in [3.8, 4) is 0 Å². The number of aromatic amines is 1. The van der Waals surface area contributed by atoms with Crippen molar-refractivity contribution in [1.29, 1.82) is 0 Å². The van der Waals surface area contributed by atoms with E-state index < -0.39 is 0 Å². The topological polar surface area (TPSA) is 61.0 Å². The van der Waals surface area contributed by atoms with Gasteiger partial charge in [0, 0.05) is 12.2 Å². The van der Waals surface area contributed by atoms with Crippen LogP contribution in [0, 0.1) is 0 Å². The van der Waals surface area contributed by atoms with Crippen molar-refractivity contribution in [2.45, 2.75) is 13.0 Å². The van der Waals surface area contributed by atoms with E-state index in [1.807, 2.05) is 25.1 Å². The number of benzene rings is 1. The fraction of sp³-hybridized carbons (Fsp3) is 0.231. The maximum atomic E-state index is 11.9. The Labute approximate surface area is 105 Å². The van der Waals surface area contributed by atoms with Gasteiger partial charge in [-0.25, -0.2) is 9.78 Å². The normalized spacial score (nSPS) is 19.3. The number of urea groups is 1. The van der Waals surface area contributed by atoms with Crippen molar-refractivity contribution < 1.29 is 4.79 Å². The number of fused-ring (bicyclic) bond motifs is 1. The summed E-state index contributed by atoms with van der Waals surface area (Å²) in [5.41, 5.74) is 3.64. The summed E-state index contributed by atoms with van der Waals surface area (Å²) in [6.45, 7) is 6.49. The smallest absolute Gasteiger partial charge is 0.322 e. The number of H-pyrrole nitrogens is 1. The lowest BCUT2D eigenvalue weighted by Crippen LogP contribution is -2.34. The average Bonchev–Trinajstić information content (AvgIpc) is 2.93. The Morgan fingerprint density at radius 3 is 3.17 bits per heavy atom. The zero-order valence-electron chi connectivity index (χ0n) is 10.1. The minimum atomic E-state index is -0.0816. The largest absolute Gasteiger partial charge is 0.345 e. The Morgan fingerprint density at radius 2 is 2.39 bits per heavy atom. The lowest BCUT2D eigenvalue weighted by molar-refractivity contribution is 0.252. The summed E-state index contributed by atoms with van der Waals surface area (Å²) in [6.07, 6.45) is 1.65. The van der Waals surface area contributed by atoms with Gasteiger partial charge >= 0.3 is 6.03 Å². The summed E-state index contributed by atoms with van der Waals surface area (Å²) in [4.78, 5) is 20.9. The first kappa shape index (κ1) is 10.8. The van der Waals surface area contributed by atoms with Crippen molar-refractivity contribution in [3.05, 3.63) is 36.7 Å². The Bertz CT molecular complexity index is 631. The van der Waals surface area contributed by atoms with E-state index in [9.17, 15) is 4.79 Å². The van der Waals surface area contributed by atoms with Crippen LogP contribution in [0.2, 0.25) is 0 Å². The van der Waals surface area contributed by atoms with Gasteiger partial charge in [0.05, 0.1) is 23.4 Å². The van der Waals surface area contributed by atoms with Crippen LogP contribution in [0.3, 0.4) is 0 Å². The van der Waals surface area contributed by atoms with Crippen molar-refractivity contribution in [2.24, 2.45) is 0 Å². The minimum Gasteiger partial charge on any atom is -0.345 e. The van der Waals surface area contributed by atoms with E-state index in [1.165, 1.54) is 0 Å². The third kappa shape index (κ3) is 1.55. The van der Waals surface area contributed by atoms with Crippen LogP contribution < -0.4 is 10.2 Å². The molecule has 1 aromatic heterocycles. The van der Waals surface area contributed by atoms with E-state index in [0.29, 0.717) is 6.54 Å². The first-order valence-corrected chi connectivity index (χ1v) is 5.82. The number of anilines is 1. The molecular weight excluding hydrogens is 228 g/mol. The number of imidazole rings is 1. The standard InChI is InChI=1S/C13H14N4O/c1-8(2)12-6-14-13(18)17(12)9-3-4-10-11(5-9)16-7-15-10/h3-5,7,12H,1,6H2,2H3,(H,14,18)(H,15,16). The van der Waals surface area contributed by atoms with Gasteiger partial charge in [-0.2, -0.15) is 0 Å². The summed E-state index contributed by atoms with van der Waals surface area (Å²) in [5.74, 6) is 0. The van der Waals surface area contributed by atoms with Gasteiger partial charge in [-0.3, -0.25) is 4.90 Å². The third-order valence-electron chi connectivity index (χ3n) is 3.23. The van der Waals surface area contributed by atoms with E-state index in [1.54, 1.807) is 11.2 Å². The van der Waals surface area contributed by atoms with Gasteiger partial charge in [0.2, 0.25) is 0 Å². The molecule has 0 spiro atoms. The number of hydrogen-bond acceptors (Lipinski definition) is 2. The van der Waals surface area contributed by atoms with Gasteiger partial charge in [-0.1, -0.05) is 12.2 Å². The first-order valence-electron chi connectivity index (χ1n) is 5.82. The summed E-state index contributed by atoms with van der Waals surface area (Å²) in [5, 5.41) is 2.84. The van der Waals surface area contributed by atoms with E-state index in [2.05, 4.69) is 21.9 Å². The number of aromatic nitrogens is 2. The zero-order chi connectivity index (χ0) is 12.7. The van der Waals surface area contributed by atoms with Crippen molar-refractivity contribution in [1.82, 2.24) is 15.3 Å². The molecule has 18 heavy (non-hydrogen) atoms. The van der Waals surface area contributed by atoms with Gasteiger partial charge in [0.25, 0.3) is 0 Å². The molecule has 92 valence electrons. The predicted octanol–water partition coefficient (Wildman–Crippen LogP) is 2.04. The highest BCUT2D eigenvalue weighted by atomic mass is 16.2. The number of nitrogens with zero attached hydrogens (tertiary/aromatic N) is 2. The quantitative estimate of drug-likeness (QED) is 0.792. The highest BCUT2D eigenvalue weighted by Gasteiger charge is 2.32. The number of nitrogens with one attached hydrogen (secondary N) is 2. The molecule has 2 amide bonds. The van der Waals surface area contributed by atoms with Crippen LogP contribution in [-0.2, 0) is 0 Å². The van der Waals surface area contributed by atoms with Crippen LogP contribution in [0.4, 0.5) is 10.5 Å². The van der Waals surface area contributed by atoms with Crippen LogP contribution in [0.1, 0.15) is 6.92 Å². The molecule has 0 aliphatic carbocycles. The summed E-state index contributed by atoms with van der Waals surface area (Å²) in [7, 11) is 0. The van der Waals surface area contributed by atoms with Gasteiger partial charge in [0.1, 0.15) is 0 Å². The molecule has 1 unspecified atom stereocenters. The molecule has 2 heterocycles. The van der Waals surface area contributed by atoms with Gasteiger partial charge in [-0.05, 0) is 25.1 Å². The summed E-state index contributed by atoms with van der Waals surface area (Å²) < 4.78 is 0. The van der Waals surface area contributed by atoms with Crippen molar-refractivity contribution in [2.75, 3.05) is 11.4 Å². The Hall–Kier alpha value is -2.30. The number of carbonyl (C=O) groups is 1. The summed E-state index contributed by atoms with van der Waals surface area (Å²) in [6, 6.07) is 5.68. The highest BCUT2D eigenvalue weighted by molar-refractivity contribution is 5.97. The molecular formula is C13H14N4O. The van der Waals surface area contributed by atoms with Crippen molar-refractivity contribution >= 4 is 22.8 Å². The van der Waals surface area contributed by atoms with Crippen LogP contribution >= 0.6 is 0 Å². The molecule has 2 N–H and O–H groups in total. The van der Waals surface area contributed by atoms with E-state index in [-0.39, 0.29) is 12.1 Å². The Balaban J connectivity index is 2.06. The van der Waals surface area contributed by atoms with Crippen LogP contribution in [0.25, 0.3) is 11.0 Å². The molecule has 2 aromatic rings. The molecule has 5 heteroatoms. The summed E-state index contributed by atoms with van der Waals surface area (Å²) >= 11 is 0. The second-order valence-electron chi connectivity index (χ2n) is 4.52. The second kappa shape index (κ2) is 3.87. The molecule has 0 bridgehead atoms. The lowest BCUT2D eigenvalue weighted by atomic mass is 10.1. The van der Waals surface area contributed by atoms with E-state index in [4.69, 9.17) is 0 Å². The monoisotopic (exact) mass is 242 g/mol. The Morgan fingerprint density at radius 1 is 1.56 bits per heavy atom. The maximum Gasteiger partial charge on any atom is 0.322 e. The van der Waals surface area contributed by atoms with Gasteiger partial charge in [0.15, 0.2) is 0 Å². The van der Waals surface area contributed by atoms with Crippen LogP contribution in [0.15, 0.2) is 36.7 Å². The fourth-order valence-electron chi connectivity index (χ4n) is 2.27. The number of carbonyl (C=O) groups excluding carboxylic acids is 1. The zero-order valence-corrected chi connectivity index (χ0v) is 10.1. The molecule has 1 atom stereocenters. The van der Waals surface area contributed by atoms with Gasteiger partial charge in [-0.15, -0.1) is 0 Å². The third-order valence-corrected chi connectivity index (χ3v) is 3.23. The number of rotatable bonds is 2. The SMILES string of the molecule is C=C(C)C1CNC(=O)N1c1ccc2nc[nH]c2c1. The number of hydrogen-bond donors (Lipinski definition) is 2. The van der Waals surface area contributed by atoms with E-state index in [0.717, 1.165) is 22.3 Å². The molecule has 1 aromatic carbocycles. The predicted molar refractivity (Wildman–Crippen MR) is 70.6 cm³/mol. The first-order chi connectivity index (χ1) is 8.66. The second-order valence-corrected chi connectivity index (χ2v) is 4.52. The molecule has 1 aliphatic rings. The van der Waals surface area contributed by atoms with Gasteiger partial charge < -0.3 is 10.3 Å². The maximum absolute atomic E-state index is 11.9. The lowest BCUT2D eigenvalue weighted by Gasteiger charge is -2.23. The molecule has 3 rings (SSSR count). The number of amides is 2.